The highest BCUT2D eigenvalue weighted by molar-refractivity contribution is 5.66. The molecular weight excluding hydrogens is 528 g/mol. The Morgan fingerprint density at radius 3 is 1.59 bits per heavy atom. The van der Waals surface area contributed by atoms with Gasteiger partial charge in [-0.05, 0) is 59.2 Å². The van der Waals surface area contributed by atoms with Crippen LogP contribution in [0.1, 0.15) is 30.0 Å². The van der Waals surface area contributed by atoms with Crippen molar-refractivity contribution in [1.82, 2.24) is 0 Å². The molecule has 0 heterocycles. The van der Waals surface area contributed by atoms with Gasteiger partial charge in [0, 0.05) is 11.1 Å². The summed E-state index contributed by atoms with van der Waals surface area (Å²) in [6.07, 6.45) is -3.60. The van der Waals surface area contributed by atoms with E-state index in [0.717, 1.165) is 30.5 Å². The molecule has 204 valence electrons. The highest BCUT2D eigenvalue weighted by Crippen LogP contribution is 2.33. The van der Waals surface area contributed by atoms with Gasteiger partial charge >= 0.3 is 6.36 Å². The fourth-order valence-electron chi connectivity index (χ4n) is 4.30. The van der Waals surface area contributed by atoms with E-state index in [0.29, 0.717) is 17.7 Å². The van der Waals surface area contributed by atoms with Crippen LogP contribution in [-0.2, 0) is 19.3 Å². The molecule has 4 aromatic rings. The molecule has 9 heteroatoms. The maximum Gasteiger partial charge on any atom is 0.573 e. The molecule has 4 aromatic carbocycles. The van der Waals surface area contributed by atoms with E-state index in [2.05, 4.69) is 4.74 Å². The first-order valence-corrected chi connectivity index (χ1v) is 12.1. The fraction of sp³-hybridized carbons (Fsp3) is 0.200. The molecule has 4 rings (SSSR count). The van der Waals surface area contributed by atoms with Gasteiger partial charge in [-0.2, -0.15) is 0 Å². The molecule has 0 atom stereocenters. The monoisotopic (exact) mass is 550 g/mol. The summed E-state index contributed by atoms with van der Waals surface area (Å²) in [6.45, 7) is 2.04. The lowest BCUT2D eigenvalue weighted by Gasteiger charge is -2.13. The van der Waals surface area contributed by atoms with Crippen molar-refractivity contribution < 1.29 is 39.9 Å². The van der Waals surface area contributed by atoms with Crippen LogP contribution in [0.3, 0.4) is 0 Å². The lowest BCUT2D eigenvalue weighted by atomic mass is 9.96. The van der Waals surface area contributed by atoms with Crippen molar-refractivity contribution in [1.29, 1.82) is 0 Å². The summed E-state index contributed by atoms with van der Waals surface area (Å²) >= 11 is 0. The molecule has 0 bridgehead atoms. The lowest BCUT2D eigenvalue weighted by molar-refractivity contribution is -0.275. The molecule has 0 aliphatic carbocycles. The van der Waals surface area contributed by atoms with Crippen LogP contribution in [0.2, 0.25) is 0 Å². The van der Waals surface area contributed by atoms with Crippen molar-refractivity contribution >= 4 is 0 Å². The lowest BCUT2D eigenvalue weighted by Crippen LogP contribution is -2.17. The van der Waals surface area contributed by atoms with Crippen molar-refractivity contribution in [2.45, 2.75) is 39.0 Å². The van der Waals surface area contributed by atoms with Gasteiger partial charge < -0.3 is 4.74 Å². The Kier molecular flexibility index (Phi) is 8.28. The first kappa shape index (κ1) is 28.1. The normalized spacial score (nSPS) is 11.6. The number of ether oxygens (including phenoxy) is 1. The molecule has 0 radical (unpaired) electrons. The summed E-state index contributed by atoms with van der Waals surface area (Å²) in [6, 6.07) is 14.5. The van der Waals surface area contributed by atoms with Crippen molar-refractivity contribution in [3.63, 3.8) is 0 Å². The zero-order chi connectivity index (χ0) is 28.3. The number of hydrogen-bond donors (Lipinski definition) is 0. The maximum absolute atomic E-state index is 14.8. The van der Waals surface area contributed by atoms with Crippen LogP contribution in [-0.4, -0.2) is 6.36 Å². The number of hydrogen-bond acceptors (Lipinski definition) is 1. The maximum atomic E-state index is 14.8. The van der Waals surface area contributed by atoms with Gasteiger partial charge in [0.05, 0.1) is 0 Å². The predicted octanol–water partition coefficient (Wildman–Crippen LogP) is 9.35. The highest BCUT2D eigenvalue weighted by Gasteiger charge is 2.32. The third-order valence-electron chi connectivity index (χ3n) is 6.26. The van der Waals surface area contributed by atoms with Crippen LogP contribution in [0.15, 0.2) is 66.7 Å². The van der Waals surface area contributed by atoms with E-state index in [1.165, 1.54) is 18.2 Å². The molecule has 0 aromatic heterocycles. The Hall–Kier alpha value is -3.88. The van der Waals surface area contributed by atoms with Gasteiger partial charge in [0.1, 0.15) is 0 Å². The minimum Gasteiger partial charge on any atom is -0.403 e. The van der Waals surface area contributed by atoms with Crippen LogP contribution in [0.4, 0.5) is 35.1 Å². The van der Waals surface area contributed by atoms with Gasteiger partial charge in [0.15, 0.2) is 34.8 Å². The van der Waals surface area contributed by atoms with Gasteiger partial charge in [-0.3, -0.25) is 0 Å². The molecule has 0 saturated carbocycles. The number of alkyl halides is 3. The summed E-state index contributed by atoms with van der Waals surface area (Å²) in [7, 11) is 0. The topological polar surface area (TPSA) is 9.23 Å². The zero-order valence-corrected chi connectivity index (χ0v) is 20.6. The van der Waals surface area contributed by atoms with Gasteiger partial charge in [0.25, 0.3) is 0 Å². The Morgan fingerprint density at radius 1 is 0.590 bits per heavy atom. The second kappa shape index (κ2) is 11.5. The smallest absolute Gasteiger partial charge is 0.403 e. The molecule has 39 heavy (non-hydrogen) atoms. The van der Waals surface area contributed by atoms with Crippen LogP contribution in [0, 0.1) is 29.1 Å². The minimum absolute atomic E-state index is 0.0231. The van der Waals surface area contributed by atoms with E-state index >= 15 is 0 Å². The quantitative estimate of drug-likeness (QED) is 0.199. The average Bonchev–Trinajstić information content (AvgIpc) is 2.88. The first-order valence-electron chi connectivity index (χ1n) is 12.1. The molecule has 0 fully saturated rings. The van der Waals surface area contributed by atoms with E-state index in [1.54, 1.807) is 12.1 Å². The van der Waals surface area contributed by atoms with Crippen LogP contribution >= 0.6 is 0 Å². The third kappa shape index (κ3) is 6.41. The molecule has 0 N–H and O–H groups in total. The van der Waals surface area contributed by atoms with Gasteiger partial charge in [0.2, 0.25) is 0 Å². The Labute approximate surface area is 219 Å². The molecule has 0 unspecified atom stereocenters. The Balaban J connectivity index is 1.51. The van der Waals surface area contributed by atoms with Crippen molar-refractivity contribution in [2.24, 2.45) is 0 Å². The Morgan fingerprint density at radius 2 is 1.10 bits per heavy atom. The van der Waals surface area contributed by atoms with E-state index in [1.807, 2.05) is 19.1 Å². The van der Waals surface area contributed by atoms with E-state index in [-0.39, 0.29) is 40.7 Å². The minimum atomic E-state index is -5.12. The summed E-state index contributed by atoms with van der Waals surface area (Å²) in [4.78, 5) is 0. The third-order valence-corrected chi connectivity index (χ3v) is 6.26. The summed E-state index contributed by atoms with van der Waals surface area (Å²) in [5.41, 5.74) is 0.915. The largest absolute Gasteiger partial charge is 0.573 e. The molecule has 0 saturated heterocycles. The number of rotatable bonds is 8. The SMILES string of the molecule is CCCc1ccc(-c2ccc(CCc3ccc(-c4ccc(OC(F)(F)F)c(F)c4)c(F)c3F)c(F)c2F)cc1. The van der Waals surface area contributed by atoms with Gasteiger partial charge in [-0.1, -0.05) is 67.9 Å². The molecule has 0 amide bonds. The number of benzene rings is 4. The molecule has 1 nitrogen and oxygen atoms in total. The standard InChI is InChI=1S/C30H22F8O/c1-2-3-17-4-6-18(7-5-17)22-13-10-19(26(32)28(22)34)8-9-20-11-14-23(29(35)27(20)33)21-12-15-25(24(31)16-21)39-30(36,37)38/h4-7,10-16H,2-3,8-9H2,1H3. The van der Waals surface area contributed by atoms with Crippen molar-refractivity contribution in [2.75, 3.05) is 0 Å². The Bertz CT molecular complexity index is 1480. The fourth-order valence-corrected chi connectivity index (χ4v) is 4.30. The van der Waals surface area contributed by atoms with E-state index in [9.17, 15) is 35.1 Å². The highest BCUT2D eigenvalue weighted by atomic mass is 19.4. The van der Waals surface area contributed by atoms with Crippen LogP contribution in [0.25, 0.3) is 22.3 Å². The molecular formula is C30H22F8O. The second-order valence-corrected chi connectivity index (χ2v) is 8.94. The van der Waals surface area contributed by atoms with Crippen LogP contribution < -0.4 is 4.74 Å². The van der Waals surface area contributed by atoms with E-state index < -0.39 is 41.2 Å². The summed E-state index contributed by atoms with van der Waals surface area (Å²) < 4.78 is 114. The molecule has 0 aliphatic heterocycles. The molecule has 0 spiro atoms. The second-order valence-electron chi connectivity index (χ2n) is 8.94. The van der Waals surface area contributed by atoms with Crippen molar-refractivity contribution in [3.05, 3.63) is 113 Å². The number of aryl methyl sites for hydroxylation is 3. The summed E-state index contributed by atoms with van der Waals surface area (Å²) in [5.74, 6) is -7.29. The van der Waals surface area contributed by atoms with Gasteiger partial charge in [-0.25, -0.2) is 22.0 Å². The zero-order valence-electron chi connectivity index (χ0n) is 20.6. The van der Waals surface area contributed by atoms with Crippen LogP contribution in [0.5, 0.6) is 5.75 Å². The van der Waals surface area contributed by atoms with Gasteiger partial charge in [-0.15, -0.1) is 13.2 Å². The molecule has 0 aliphatic rings. The first-order chi connectivity index (χ1) is 18.5. The van der Waals surface area contributed by atoms with Crippen molar-refractivity contribution in [3.8, 4) is 28.0 Å². The predicted molar refractivity (Wildman–Crippen MR) is 132 cm³/mol. The number of halogens is 8. The average molecular weight is 550 g/mol. The summed E-state index contributed by atoms with van der Waals surface area (Å²) in [5, 5.41) is 0. The van der Waals surface area contributed by atoms with E-state index in [4.69, 9.17) is 0 Å².